The normalized spacial score (nSPS) is 11.3. The number of carbonyl (C=O) groups is 1. The molecule has 0 atom stereocenters. The molecule has 11 heteroatoms. The highest BCUT2D eigenvalue weighted by atomic mass is 79.9. The summed E-state index contributed by atoms with van der Waals surface area (Å²) >= 11 is 3.28. The van der Waals surface area contributed by atoms with Gasteiger partial charge in [-0.25, -0.2) is 5.43 Å². The van der Waals surface area contributed by atoms with E-state index >= 15 is 0 Å². The van der Waals surface area contributed by atoms with Crippen LogP contribution in [0.4, 0.5) is 5.69 Å². The fraction of sp³-hybridized carbons (Fsp3) is 0. The molecule has 0 spiro atoms. The molecule has 0 heterocycles. The van der Waals surface area contributed by atoms with Crippen molar-refractivity contribution in [1.29, 1.82) is 0 Å². The Bertz CT molecular complexity index is 1260. The lowest BCUT2D eigenvalue weighted by atomic mass is 10.2. The number of hydrogen-bond acceptors (Lipinski definition) is 7. The second kappa shape index (κ2) is 9.49. The monoisotopic (exact) mass is 503 g/mol. The average Bonchev–Trinajstić information content (AvgIpc) is 2.73. The highest BCUT2D eigenvalue weighted by Gasteiger charge is 2.18. The number of rotatable bonds is 7. The van der Waals surface area contributed by atoms with Crippen LogP contribution < -0.4 is 9.61 Å². The molecule has 0 aliphatic carbocycles. The number of benzene rings is 3. The van der Waals surface area contributed by atoms with Crippen LogP contribution in [-0.4, -0.2) is 25.5 Å². The van der Waals surface area contributed by atoms with Gasteiger partial charge in [0, 0.05) is 22.2 Å². The van der Waals surface area contributed by atoms with Gasteiger partial charge >= 0.3 is 10.1 Å². The Kier molecular flexibility index (Phi) is 6.78. The molecule has 0 saturated carbocycles. The summed E-state index contributed by atoms with van der Waals surface area (Å²) in [4.78, 5) is 21.9. The predicted octanol–water partition coefficient (Wildman–Crippen LogP) is 3.89. The van der Waals surface area contributed by atoms with Crippen LogP contribution in [0.2, 0.25) is 0 Å². The molecule has 0 aliphatic heterocycles. The van der Waals surface area contributed by atoms with Crippen molar-refractivity contribution >= 4 is 43.9 Å². The molecule has 0 aliphatic rings. The maximum absolute atomic E-state index is 12.4. The van der Waals surface area contributed by atoms with Crippen molar-refractivity contribution in [3.8, 4) is 5.75 Å². The lowest BCUT2D eigenvalue weighted by molar-refractivity contribution is -0.384. The van der Waals surface area contributed by atoms with Gasteiger partial charge in [0.25, 0.3) is 11.6 Å². The molecular weight excluding hydrogens is 490 g/mol. The molecule has 0 unspecified atom stereocenters. The second-order valence-electron chi connectivity index (χ2n) is 6.07. The van der Waals surface area contributed by atoms with Crippen LogP contribution in [0.25, 0.3) is 0 Å². The highest BCUT2D eigenvalue weighted by molar-refractivity contribution is 9.10. The summed E-state index contributed by atoms with van der Waals surface area (Å²) in [5.41, 5.74) is 3.04. The van der Waals surface area contributed by atoms with Gasteiger partial charge in [-0.05, 0) is 48.0 Å². The molecule has 0 bridgehead atoms. The van der Waals surface area contributed by atoms with E-state index in [9.17, 15) is 23.3 Å². The van der Waals surface area contributed by atoms with Crippen molar-refractivity contribution < 1.29 is 22.3 Å². The van der Waals surface area contributed by atoms with Crippen LogP contribution in [0.3, 0.4) is 0 Å². The zero-order valence-electron chi connectivity index (χ0n) is 15.6. The Morgan fingerprint density at radius 3 is 2.45 bits per heavy atom. The lowest BCUT2D eigenvalue weighted by Crippen LogP contribution is -2.17. The lowest BCUT2D eigenvalue weighted by Gasteiger charge is -2.07. The van der Waals surface area contributed by atoms with Crippen molar-refractivity contribution in [2.75, 3.05) is 0 Å². The summed E-state index contributed by atoms with van der Waals surface area (Å²) in [6, 6.07) is 17.2. The average molecular weight is 504 g/mol. The highest BCUT2D eigenvalue weighted by Crippen LogP contribution is 2.21. The number of nitrogens with zero attached hydrogens (tertiary/aromatic N) is 2. The Morgan fingerprint density at radius 2 is 1.77 bits per heavy atom. The standard InChI is InChI=1S/C20H14BrN3O6S/c21-16-5-2-4-15(12-16)20(25)23-22-13-14-3-1-6-18(11-14)30-31(28,29)19-9-7-17(8-10-19)24(26)27/h1-13H,(H,23,25)/b22-13-. The number of halogens is 1. The third kappa shape index (κ3) is 5.96. The van der Waals surface area contributed by atoms with E-state index in [1.165, 1.54) is 18.3 Å². The zero-order chi connectivity index (χ0) is 22.4. The van der Waals surface area contributed by atoms with Crippen LogP contribution in [0, 0.1) is 10.1 Å². The summed E-state index contributed by atoms with van der Waals surface area (Å²) in [6.07, 6.45) is 1.33. The van der Waals surface area contributed by atoms with E-state index in [1.807, 2.05) is 0 Å². The maximum Gasteiger partial charge on any atom is 0.339 e. The zero-order valence-corrected chi connectivity index (χ0v) is 18.0. The van der Waals surface area contributed by atoms with Gasteiger partial charge in [-0.2, -0.15) is 13.5 Å². The number of amides is 1. The number of nitro benzene ring substituents is 1. The van der Waals surface area contributed by atoms with E-state index in [1.54, 1.807) is 36.4 Å². The molecule has 0 saturated heterocycles. The van der Waals surface area contributed by atoms with Gasteiger partial charge in [0.2, 0.25) is 0 Å². The van der Waals surface area contributed by atoms with Gasteiger partial charge < -0.3 is 4.18 Å². The molecule has 1 N–H and O–H groups in total. The number of nitrogens with one attached hydrogen (secondary N) is 1. The predicted molar refractivity (Wildman–Crippen MR) is 117 cm³/mol. The minimum absolute atomic E-state index is 0.0145. The van der Waals surface area contributed by atoms with Crippen molar-refractivity contribution in [3.05, 3.63) is 98.5 Å². The molecule has 0 radical (unpaired) electrons. The van der Waals surface area contributed by atoms with E-state index in [0.29, 0.717) is 11.1 Å². The van der Waals surface area contributed by atoms with Gasteiger partial charge in [0.15, 0.2) is 0 Å². The summed E-state index contributed by atoms with van der Waals surface area (Å²) in [5, 5.41) is 14.6. The molecule has 0 aromatic heterocycles. The number of non-ortho nitro benzene ring substituents is 1. The first-order valence-electron chi connectivity index (χ1n) is 8.62. The van der Waals surface area contributed by atoms with Crippen molar-refractivity contribution in [2.24, 2.45) is 5.10 Å². The quantitative estimate of drug-likeness (QED) is 0.225. The van der Waals surface area contributed by atoms with Crippen LogP contribution in [0.5, 0.6) is 5.75 Å². The summed E-state index contributed by atoms with van der Waals surface area (Å²) < 4.78 is 30.6. The number of nitro groups is 1. The van der Waals surface area contributed by atoms with Gasteiger partial charge in [0.05, 0.1) is 11.1 Å². The Morgan fingerprint density at radius 1 is 1.06 bits per heavy atom. The van der Waals surface area contributed by atoms with Crippen LogP contribution in [0.1, 0.15) is 15.9 Å². The number of hydrazone groups is 1. The second-order valence-corrected chi connectivity index (χ2v) is 8.53. The molecule has 3 aromatic carbocycles. The Balaban J connectivity index is 1.68. The first-order chi connectivity index (χ1) is 14.7. The van der Waals surface area contributed by atoms with E-state index in [0.717, 1.165) is 28.7 Å². The van der Waals surface area contributed by atoms with Crippen molar-refractivity contribution in [2.45, 2.75) is 4.90 Å². The summed E-state index contributed by atoms with van der Waals surface area (Å²) in [6.45, 7) is 0. The third-order valence-electron chi connectivity index (χ3n) is 3.87. The molecule has 31 heavy (non-hydrogen) atoms. The van der Waals surface area contributed by atoms with Crippen LogP contribution >= 0.6 is 15.9 Å². The number of hydrogen-bond donors (Lipinski definition) is 1. The van der Waals surface area contributed by atoms with E-state index in [-0.39, 0.29) is 16.3 Å². The molecule has 0 fully saturated rings. The molecule has 1 amide bonds. The topological polar surface area (TPSA) is 128 Å². The van der Waals surface area contributed by atoms with Gasteiger partial charge in [-0.1, -0.05) is 34.1 Å². The SMILES string of the molecule is O=C(N/N=C\c1cccc(OS(=O)(=O)c2ccc([N+](=O)[O-])cc2)c1)c1cccc(Br)c1. The molecule has 9 nitrogen and oxygen atoms in total. The Labute approximate surface area is 185 Å². The van der Waals surface area contributed by atoms with Crippen LogP contribution in [0.15, 0.2) is 87.3 Å². The van der Waals surface area contributed by atoms with E-state index in [2.05, 4.69) is 26.5 Å². The first kappa shape index (κ1) is 22.1. The number of carbonyl (C=O) groups excluding carboxylic acids is 1. The van der Waals surface area contributed by atoms with E-state index < -0.39 is 20.9 Å². The fourth-order valence-corrected chi connectivity index (χ4v) is 3.74. The first-order valence-corrected chi connectivity index (χ1v) is 10.8. The molecule has 158 valence electrons. The molecular formula is C20H14BrN3O6S. The minimum Gasteiger partial charge on any atom is -0.379 e. The third-order valence-corrected chi connectivity index (χ3v) is 5.62. The maximum atomic E-state index is 12.4. The Hall–Kier alpha value is -3.57. The van der Waals surface area contributed by atoms with Crippen molar-refractivity contribution in [3.63, 3.8) is 0 Å². The van der Waals surface area contributed by atoms with Crippen molar-refractivity contribution in [1.82, 2.24) is 5.43 Å². The summed E-state index contributed by atoms with van der Waals surface area (Å²) in [5.74, 6) is -0.397. The summed E-state index contributed by atoms with van der Waals surface area (Å²) in [7, 11) is -4.19. The van der Waals surface area contributed by atoms with E-state index in [4.69, 9.17) is 4.18 Å². The van der Waals surface area contributed by atoms with Gasteiger partial charge in [0.1, 0.15) is 10.6 Å². The van der Waals surface area contributed by atoms with Gasteiger partial charge in [-0.3, -0.25) is 14.9 Å². The van der Waals surface area contributed by atoms with Crippen LogP contribution in [-0.2, 0) is 10.1 Å². The van der Waals surface area contributed by atoms with Gasteiger partial charge in [-0.15, -0.1) is 0 Å². The molecule has 3 aromatic rings. The smallest absolute Gasteiger partial charge is 0.339 e. The largest absolute Gasteiger partial charge is 0.379 e. The molecule has 3 rings (SSSR count). The fourth-order valence-electron chi connectivity index (χ4n) is 2.42. The minimum atomic E-state index is -4.19.